The summed E-state index contributed by atoms with van der Waals surface area (Å²) in [5.41, 5.74) is 1.23. The minimum absolute atomic E-state index is 0.201. The van der Waals surface area contributed by atoms with Gasteiger partial charge in [-0.3, -0.25) is 0 Å². The monoisotopic (exact) mass is 279 g/mol. The van der Waals surface area contributed by atoms with E-state index in [4.69, 9.17) is 14.2 Å². The second kappa shape index (κ2) is 7.62. The molecule has 1 unspecified atom stereocenters. The third-order valence-corrected chi connectivity index (χ3v) is 3.21. The van der Waals surface area contributed by atoms with Crippen molar-refractivity contribution in [1.29, 1.82) is 0 Å². The summed E-state index contributed by atoms with van der Waals surface area (Å²) >= 11 is 0. The van der Waals surface area contributed by atoms with Gasteiger partial charge in [-0.15, -0.1) is 0 Å². The molecule has 0 aliphatic carbocycles. The number of likely N-dealkylation sites (N-methyl/N-ethyl adjacent to an activating group) is 1. The highest BCUT2D eigenvalue weighted by atomic mass is 16.6. The van der Waals surface area contributed by atoms with Gasteiger partial charge in [-0.25, -0.2) is 0 Å². The van der Waals surface area contributed by atoms with E-state index in [9.17, 15) is 0 Å². The van der Waals surface area contributed by atoms with E-state index in [0.717, 1.165) is 25.5 Å². The molecule has 0 saturated carbocycles. The van der Waals surface area contributed by atoms with Gasteiger partial charge < -0.3 is 19.5 Å². The molecule has 0 spiro atoms. The van der Waals surface area contributed by atoms with E-state index in [1.807, 2.05) is 26.0 Å². The zero-order valence-corrected chi connectivity index (χ0v) is 12.6. The molecular formula is C16H25NO3. The summed E-state index contributed by atoms with van der Waals surface area (Å²) in [5, 5.41) is 3.46. The molecule has 2 rings (SSSR count). The third kappa shape index (κ3) is 4.47. The zero-order valence-electron chi connectivity index (χ0n) is 12.6. The van der Waals surface area contributed by atoms with E-state index in [0.29, 0.717) is 6.61 Å². The van der Waals surface area contributed by atoms with Gasteiger partial charge in [0, 0.05) is 0 Å². The molecule has 0 radical (unpaired) electrons. The lowest BCUT2D eigenvalue weighted by atomic mass is 10.1. The molecule has 1 aromatic rings. The summed E-state index contributed by atoms with van der Waals surface area (Å²) in [6.45, 7) is 9.20. The summed E-state index contributed by atoms with van der Waals surface area (Å²) < 4.78 is 16.6. The van der Waals surface area contributed by atoms with E-state index < -0.39 is 0 Å². The van der Waals surface area contributed by atoms with Crippen LogP contribution in [0.15, 0.2) is 24.3 Å². The molecule has 4 nitrogen and oxygen atoms in total. The Balaban J connectivity index is 1.92. The van der Waals surface area contributed by atoms with Crippen LogP contribution in [-0.2, 0) is 9.47 Å². The molecular weight excluding hydrogens is 254 g/mol. The van der Waals surface area contributed by atoms with Crippen LogP contribution in [0.25, 0.3) is 0 Å². The lowest BCUT2D eigenvalue weighted by molar-refractivity contribution is -0.133. The predicted octanol–water partition coefficient (Wildman–Crippen LogP) is 2.54. The normalized spacial score (nSPS) is 17.0. The second-order valence-electron chi connectivity index (χ2n) is 5.34. The van der Waals surface area contributed by atoms with Crippen LogP contribution in [0.1, 0.15) is 32.4 Å². The van der Waals surface area contributed by atoms with Crippen molar-refractivity contribution in [3.8, 4) is 5.75 Å². The Morgan fingerprint density at radius 1 is 1.25 bits per heavy atom. The molecule has 1 saturated heterocycles. The third-order valence-electron chi connectivity index (χ3n) is 3.21. The van der Waals surface area contributed by atoms with Gasteiger partial charge in [0.15, 0.2) is 0 Å². The number of hydrogen-bond acceptors (Lipinski definition) is 4. The maximum atomic E-state index is 5.82. The topological polar surface area (TPSA) is 39.7 Å². The first kappa shape index (κ1) is 15.3. The van der Waals surface area contributed by atoms with E-state index in [2.05, 4.69) is 24.4 Å². The summed E-state index contributed by atoms with van der Waals surface area (Å²) in [6, 6.07) is 8.46. The molecule has 0 amide bonds. The van der Waals surface area contributed by atoms with Crippen molar-refractivity contribution in [3.05, 3.63) is 29.8 Å². The second-order valence-corrected chi connectivity index (χ2v) is 5.34. The highest BCUT2D eigenvalue weighted by Crippen LogP contribution is 2.20. The van der Waals surface area contributed by atoms with E-state index >= 15 is 0 Å². The molecule has 112 valence electrons. The van der Waals surface area contributed by atoms with Gasteiger partial charge in [-0.1, -0.05) is 19.1 Å². The van der Waals surface area contributed by atoms with Crippen molar-refractivity contribution >= 4 is 0 Å². The van der Waals surface area contributed by atoms with Crippen molar-refractivity contribution in [2.24, 2.45) is 0 Å². The van der Waals surface area contributed by atoms with Gasteiger partial charge in [-0.05, 0) is 38.1 Å². The van der Waals surface area contributed by atoms with E-state index in [-0.39, 0.29) is 18.2 Å². The average Bonchev–Trinajstić information content (AvgIpc) is 2.36. The lowest BCUT2D eigenvalue weighted by Gasteiger charge is -2.28. The zero-order chi connectivity index (χ0) is 14.4. The standard InChI is InChI=1S/C16H25NO3/c1-4-17-16(11-19-15-9-18-10-15)13-5-7-14(8-6-13)20-12(2)3/h5-8,12,15-17H,4,9-11H2,1-3H3. The largest absolute Gasteiger partial charge is 0.491 e. The Hall–Kier alpha value is -1.10. The smallest absolute Gasteiger partial charge is 0.119 e. The van der Waals surface area contributed by atoms with Gasteiger partial charge >= 0.3 is 0 Å². The van der Waals surface area contributed by atoms with Crippen LogP contribution in [0.5, 0.6) is 5.75 Å². The van der Waals surface area contributed by atoms with Crippen LogP contribution >= 0.6 is 0 Å². The van der Waals surface area contributed by atoms with Crippen LogP contribution in [0.2, 0.25) is 0 Å². The number of nitrogens with one attached hydrogen (secondary N) is 1. The minimum Gasteiger partial charge on any atom is -0.491 e. The number of hydrogen-bond donors (Lipinski definition) is 1. The first-order valence-corrected chi connectivity index (χ1v) is 7.38. The Kier molecular flexibility index (Phi) is 5.83. The number of benzene rings is 1. The summed E-state index contributed by atoms with van der Waals surface area (Å²) in [5.74, 6) is 0.910. The Labute approximate surface area is 121 Å². The van der Waals surface area contributed by atoms with Crippen molar-refractivity contribution in [1.82, 2.24) is 5.32 Å². The highest BCUT2D eigenvalue weighted by Gasteiger charge is 2.21. The maximum Gasteiger partial charge on any atom is 0.119 e. The fraction of sp³-hybridized carbons (Fsp3) is 0.625. The van der Waals surface area contributed by atoms with Crippen molar-refractivity contribution in [2.45, 2.75) is 39.0 Å². The highest BCUT2D eigenvalue weighted by molar-refractivity contribution is 5.29. The molecule has 1 N–H and O–H groups in total. The van der Waals surface area contributed by atoms with Crippen molar-refractivity contribution < 1.29 is 14.2 Å². The Morgan fingerprint density at radius 2 is 1.95 bits per heavy atom. The molecule has 1 aromatic carbocycles. The lowest BCUT2D eigenvalue weighted by Crippen LogP contribution is -2.38. The van der Waals surface area contributed by atoms with E-state index in [1.54, 1.807) is 0 Å². The Morgan fingerprint density at radius 3 is 2.45 bits per heavy atom. The molecule has 1 aliphatic rings. The minimum atomic E-state index is 0.201. The predicted molar refractivity (Wildman–Crippen MR) is 79.2 cm³/mol. The summed E-state index contributed by atoms with van der Waals surface area (Å²) in [4.78, 5) is 0. The molecule has 1 aliphatic heterocycles. The SMILES string of the molecule is CCNC(COC1COC1)c1ccc(OC(C)C)cc1. The summed E-state index contributed by atoms with van der Waals surface area (Å²) in [6.07, 6.45) is 0.465. The van der Waals surface area contributed by atoms with Gasteiger partial charge in [0.2, 0.25) is 0 Å². The molecule has 0 bridgehead atoms. The average molecular weight is 279 g/mol. The van der Waals surface area contributed by atoms with E-state index in [1.165, 1.54) is 5.56 Å². The summed E-state index contributed by atoms with van der Waals surface area (Å²) in [7, 11) is 0. The van der Waals surface area contributed by atoms with Gasteiger partial charge in [0.1, 0.15) is 11.9 Å². The van der Waals surface area contributed by atoms with Crippen LogP contribution < -0.4 is 10.1 Å². The molecule has 1 heterocycles. The van der Waals surface area contributed by atoms with Crippen molar-refractivity contribution in [2.75, 3.05) is 26.4 Å². The quantitative estimate of drug-likeness (QED) is 0.794. The molecule has 20 heavy (non-hydrogen) atoms. The van der Waals surface area contributed by atoms with Crippen LogP contribution in [0.4, 0.5) is 0 Å². The number of ether oxygens (including phenoxy) is 3. The Bertz CT molecular complexity index is 387. The first-order valence-electron chi connectivity index (χ1n) is 7.38. The molecule has 1 atom stereocenters. The van der Waals surface area contributed by atoms with Crippen LogP contribution in [-0.4, -0.2) is 38.6 Å². The van der Waals surface area contributed by atoms with Crippen molar-refractivity contribution in [3.63, 3.8) is 0 Å². The molecule has 0 aromatic heterocycles. The fourth-order valence-corrected chi connectivity index (χ4v) is 2.11. The van der Waals surface area contributed by atoms with Crippen LogP contribution in [0.3, 0.4) is 0 Å². The van der Waals surface area contributed by atoms with Gasteiger partial charge in [0.05, 0.1) is 32.0 Å². The number of rotatable bonds is 8. The molecule has 4 heteroatoms. The maximum absolute atomic E-state index is 5.82. The first-order chi connectivity index (χ1) is 9.69. The van der Waals surface area contributed by atoms with Gasteiger partial charge in [-0.2, -0.15) is 0 Å². The fourth-order valence-electron chi connectivity index (χ4n) is 2.11. The molecule has 1 fully saturated rings. The van der Waals surface area contributed by atoms with Gasteiger partial charge in [0.25, 0.3) is 0 Å². The van der Waals surface area contributed by atoms with Crippen LogP contribution in [0, 0.1) is 0 Å².